The minimum atomic E-state index is 0.569. The highest BCUT2D eigenvalue weighted by atomic mass is 32.2. The van der Waals surface area contributed by atoms with Crippen molar-refractivity contribution >= 4 is 18.0 Å². The van der Waals surface area contributed by atoms with Gasteiger partial charge >= 0.3 is 0 Å². The van der Waals surface area contributed by atoms with E-state index in [4.69, 9.17) is 10.5 Å². The Kier molecular flexibility index (Phi) is 3.50. The monoisotopic (exact) mass is 117 g/mol. The number of aliphatic hydroxyl groups is 1. The van der Waals surface area contributed by atoms with Crippen LogP contribution >= 0.6 is 11.8 Å². The summed E-state index contributed by atoms with van der Waals surface area (Å²) in [6, 6.07) is 0. The van der Waals surface area contributed by atoms with Crippen LogP contribution < -0.4 is 0 Å². The number of allylic oxidation sites excluding steroid dienone is 1. The zero-order valence-corrected chi connectivity index (χ0v) is 4.83. The molecule has 0 aromatic carbocycles. The molecule has 0 aromatic rings. The van der Waals surface area contributed by atoms with Gasteiger partial charge in [-0.2, -0.15) is 0 Å². The van der Waals surface area contributed by atoms with Crippen molar-refractivity contribution in [3.63, 3.8) is 0 Å². The first-order valence-corrected chi connectivity index (χ1v) is 2.96. The highest BCUT2D eigenvalue weighted by Gasteiger charge is 1.82. The van der Waals surface area contributed by atoms with Crippen molar-refractivity contribution < 1.29 is 5.11 Å². The van der Waals surface area contributed by atoms with Crippen LogP contribution in [0.5, 0.6) is 0 Å². The summed E-state index contributed by atoms with van der Waals surface area (Å²) < 4.78 is 0. The van der Waals surface area contributed by atoms with Crippen molar-refractivity contribution in [2.45, 2.75) is 0 Å². The van der Waals surface area contributed by atoms with Crippen molar-refractivity contribution in [2.75, 3.05) is 6.26 Å². The lowest BCUT2D eigenvalue weighted by molar-refractivity contribution is 0.473. The SMILES string of the molecule is CS/C(C=N)=C/O. The first-order chi connectivity index (χ1) is 3.35. The summed E-state index contributed by atoms with van der Waals surface area (Å²) in [5, 5.41) is 14.8. The fourth-order valence-corrected chi connectivity index (χ4v) is 0.372. The summed E-state index contributed by atoms with van der Waals surface area (Å²) in [6.07, 6.45) is 3.81. The van der Waals surface area contributed by atoms with Crippen molar-refractivity contribution in [2.24, 2.45) is 0 Å². The Hall–Kier alpha value is -0.440. The van der Waals surface area contributed by atoms with Crippen molar-refractivity contribution in [1.82, 2.24) is 0 Å². The third-order valence-electron chi connectivity index (χ3n) is 0.505. The topological polar surface area (TPSA) is 44.1 Å². The van der Waals surface area contributed by atoms with Gasteiger partial charge in [-0.05, 0) is 6.26 Å². The summed E-state index contributed by atoms with van der Waals surface area (Å²) in [7, 11) is 0. The quantitative estimate of drug-likeness (QED) is 0.424. The van der Waals surface area contributed by atoms with Crippen LogP contribution in [0.3, 0.4) is 0 Å². The minimum Gasteiger partial charge on any atom is -0.514 e. The normalized spacial score (nSPS) is 11.3. The molecule has 2 nitrogen and oxygen atoms in total. The molecule has 0 aliphatic carbocycles. The Morgan fingerprint density at radius 2 is 2.43 bits per heavy atom. The van der Waals surface area contributed by atoms with E-state index in [0.29, 0.717) is 4.91 Å². The lowest BCUT2D eigenvalue weighted by atomic mass is 10.7. The summed E-state index contributed by atoms with van der Waals surface area (Å²) in [6.45, 7) is 0. The molecule has 0 aliphatic rings. The average Bonchev–Trinajstić information content (AvgIpc) is 1.72. The fraction of sp³-hybridized carbons (Fsp3) is 0.250. The molecule has 0 fully saturated rings. The second-order valence-electron chi connectivity index (χ2n) is 0.880. The summed E-state index contributed by atoms with van der Waals surface area (Å²) in [5.41, 5.74) is 0. The molecule has 2 N–H and O–H groups in total. The number of rotatable bonds is 2. The first kappa shape index (κ1) is 6.56. The van der Waals surface area contributed by atoms with Gasteiger partial charge in [0.15, 0.2) is 0 Å². The third kappa shape index (κ3) is 2.28. The summed E-state index contributed by atoms with van der Waals surface area (Å²) in [4.78, 5) is 0.569. The number of hydrogen-bond donors (Lipinski definition) is 2. The Morgan fingerprint density at radius 3 is 2.43 bits per heavy atom. The van der Waals surface area contributed by atoms with Gasteiger partial charge in [0.25, 0.3) is 0 Å². The molecule has 0 atom stereocenters. The van der Waals surface area contributed by atoms with E-state index in [1.165, 1.54) is 11.8 Å². The molecule has 0 saturated carbocycles. The molecular formula is C4H7NOS. The van der Waals surface area contributed by atoms with Crippen molar-refractivity contribution in [3.8, 4) is 0 Å². The molecule has 0 radical (unpaired) electrons. The minimum absolute atomic E-state index is 0.569. The van der Waals surface area contributed by atoms with Crippen molar-refractivity contribution in [3.05, 3.63) is 11.2 Å². The lowest BCUT2D eigenvalue weighted by Gasteiger charge is -1.85. The van der Waals surface area contributed by atoms with Crippen LogP contribution in [-0.4, -0.2) is 17.6 Å². The van der Waals surface area contributed by atoms with E-state index >= 15 is 0 Å². The number of thioether (sulfide) groups is 1. The molecule has 7 heavy (non-hydrogen) atoms. The predicted molar refractivity (Wildman–Crippen MR) is 33.0 cm³/mol. The van der Waals surface area contributed by atoms with E-state index in [9.17, 15) is 0 Å². The van der Waals surface area contributed by atoms with E-state index in [2.05, 4.69) is 0 Å². The predicted octanol–water partition coefficient (Wildman–Crippen LogP) is 1.40. The molecule has 40 valence electrons. The molecule has 0 spiro atoms. The van der Waals surface area contributed by atoms with Gasteiger partial charge in [0, 0.05) is 6.21 Å². The van der Waals surface area contributed by atoms with Crippen LogP contribution in [0.4, 0.5) is 0 Å². The average molecular weight is 117 g/mol. The van der Waals surface area contributed by atoms with Crippen LogP contribution in [-0.2, 0) is 0 Å². The highest BCUT2D eigenvalue weighted by molar-refractivity contribution is 8.03. The molecule has 0 rings (SSSR count). The Morgan fingerprint density at radius 1 is 1.86 bits per heavy atom. The fourth-order valence-electron chi connectivity index (χ4n) is 0.149. The molecule has 0 bridgehead atoms. The van der Waals surface area contributed by atoms with Gasteiger partial charge in [0.2, 0.25) is 0 Å². The largest absolute Gasteiger partial charge is 0.514 e. The molecule has 0 heterocycles. The van der Waals surface area contributed by atoms with Gasteiger partial charge < -0.3 is 10.5 Å². The zero-order valence-electron chi connectivity index (χ0n) is 4.01. The van der Waals surface area contributed by atoms with Crippen LogP contribution in [0.15, 0.2) is 11.2 Å². The van der Waals surface area contributed by atoms with E-state index in [1.54, 1.807) is 6.26 Å². The van der Waals surface area contributed by atoms with E-state index in [0.717, 1.165) is 12.5 Å². The molecule has 3 heteroatoms. The zero-order chi connectivity index (χ0) is 5.70. The second-order valence-corrected chi connectivity index (χ2v) is 1.76. The van der Waals surface area contributed by atoms with Gasteiger partial charge in [0.05, 0.1) is 11.2 Å². The van der Waals surface area contributed by atoms with E-state index in [1.807, 2.05) is 0 Å². The maximum Gasteiger partial charge on any atom is 0.0942 e. The molecular weight excluding hydrogens is 110 g/mol. The standard InChI is InChI=1S/C4H7NOS/c1-7-4(2-5)3-6/h2-3,5-6H,1H3/b4-3+,5-2?. The van der Waals surface area contributed by atoms with E-state index in [-0.39, 0.29) is 0 Å². The lowest BCUT2D eigenvalue weighted by Crippen LogP contribution is -1.72. The molecule has 0 aromatic heterocycles. The highest BCUT2D eigenvalue weighted by Crippen LogP contribution is 2.04. The number of aliphatic hydroxyl groups excluding tert-OH is 1. The van der Waals surface area contributed by atoms with Crippen LogP contribution in [0, 0.1) is 5.41 Å². The third-order valence-corrected chi connectivity index (χ3v) is 1.20. The Bertz CT molecular complexity index is 89.7. The van der Waals surface area contributed by atoms with Gasteiger partial charge in [-0.1, -0.05) is 0 Å². The van der Waals surface area contributed by atoms with Gasteiger partial charge in [-0.25, -0.2) is 0 Å². The van der Waals surface area contributed by atoms with Crippen LogP contribution in [0.2, 0.25) is 0 Å². The first-order valence-electron chi connectivity index (χ1n) is 1.74. The number of nitrogens with one attached hydrogen (secondary N) is 1. The molecule has 0 unspecified atom stereocenters. The van der Waals surface area contributed by atoms with E-state index < -0.39 is 0 Å². The molecule has 0 amide bonds. The van der Waals surface area contributed by atoms with Crippen molar-refractivity contribution in [1.29, 1.82) is 5.41 Å². The second kappa shape index (κ2) is 3.74. The maximum absolute atomic E-state index is 8.19. The van der Waals surface area contributed by atoms with Gasteiger partial charge in [-0.3, -0.25) is 0 Å². The summed E-state index contributed by atoms with van der Waals surface area (Å²) >= 11 is 1.34. The van der Waals surface area contributed by atoms with Crippen LogP contribution in [0.1, 0.15) is 0 Å². The summed E-state index contributed by atoms with van der Waals surface area (Å²) in [5.74, 6) is 0. The maximum atomic E-state index is 8.19. The van der Waals surface area contributed by atoms with Gasteiger partial charge in [0.1, 0.15) is 0 Å². The molecule has 0 aliphatic heterocycles. The number of hydrogen-bond acceptors (Lipinski definition) is 3. The van der Waals surface area contributed by atoms with Gasteiger partial charge in [-0.15, -0.1) is 11.8 Å². The smallest absolute Gasteiger partial charge is 0.0942 e. The molecule has 0 saturated heterocycles. The Balaban J connectivity index is 3.60. The Labute approximate surface area is 46.7 Å². The van der Waals surface area contributed by atoms with Crippen LogP contribution in [0.25, 0.3) is 0 Å².